The zero-order valence-corrected chi connectivity index (χ0v) is 33.4. The van der Waals surface area contributed by atoms with Crippen LogP contribution >= 0.6 is 7.82 Å². The van der Waals surface area contributed by atoms with E-state index in [2.05, 4.69) is 37.5 Å². The normalized spacial score (nSPS) is 12.6. The fourth-order valence-electron chi connectivity index (χ4n) is 5.44. The lowest BCUT2D eigenvalue weighted by Crippen LogP contribution is -2.29. The third kappa shape index (κ3) is 37.7. The first-order chi connectivity index (χ1) is 24.8. The van der Waals surface area contributed by atoms with Crippen molar-refractivity contribution in [3.63, 3.8) is 0 Å². The van der Waals surface area contributed by atoms with Gasteiger partial charge in [-0.3, -0.25) is 18.6 Å². The molecule has 0 saturated heterocycles. The van der Waals surface area contributed by atoms with Crippen LogP contribution in [0.4, 0.5) is 0 Å². The van der Waals surface area contributed by atoms with E-state index in [1.54, 1.807) is 0 Å². The van der Waals surface area contributed by atoms with Gasteiger partial charge in [0, 0.05) is 32.2 Å². The van der Waals surface area contributed by atoms with E-state index in [0.717, 1.165) is 25.7 Å². The molecule has 296 valence electrons. The molecule has 1 unspecified atom stereocenters. The van der Waals surface area contributed by atoms with Crippen molar-refractivity contribution in [2.24, 2.45) is 5.73 Å². The van der Waals surface area contributed by atoms with Crippen molar-refractivity contribution in [1.29, 1.82) is 0 Å². The summed E-state index contributed by atoms with van der Waals surface area (Å²) in [6.45, 7) is 3.54. The predicted molar refractivity (Wildman–Crippen MR) is 208 cm³/mol. The Balaban J connectivity index is 4.29. The van der Waals surface area contributed by atoms with Crippen molar-refractivity contribution in [3.8, 4) is 23.7 Å². The van der Waals surface area contributed by atoms with E-state index in [1.807, 2.05) is 0 Å². The summed E-state index contributed by atoms with van der Waals surface area (Å²) in [6, 6.07) is 0. The number of ether oxygens (including phenoxy) is 2. The lowest BCUT2D eigenvalue weighted by Gasteiger charge is -2.19. The van der Waals surface area contributed by atoms with Gasteiger partial charge in [-0.05, 0) is 12.8 Å². The van der Waals surface area contributed by atoms with Gasteiger partial charge in [0.1, 0.15) is 6.61 Å². The second-order valence-corrected chi connectivity index (χ2v) is 14.9. The van der Waals surface area contributed by atoms with Crippen LogP contribution in [0.1, 0.15) is 194 Å². The standard InChI is InChI=1S/C41H74NO8P/c1-3-5-7-9-11-13-15-17-19-21-23-25-27-29-31-33-40(43)47-37-39(38-49-51(45,46)48-36-35-42)50-41(44)34-32-30-28-26-24-22-20-18-16-14-12-10-8-6-4-2/h39H,3-26,31-38,42H2,1-2H3,(H,45,46)/t39-/m1/s1. The molecule has 0 fully saturated rings. The minimum atomic E-state index is -4.41. The van der Waals surface area contributed by atoms with Crippen molar-refractivity contribution in [1.82, 2.24) is 0 Å². The van der Waals surface area contributed by atoms with Crippen molar-refractivity contribution in [3.05, 3.63) is 0 Å². The SMILES string of the molecule is CCCCCCCCCCCCCC#CCCC(=O)OC[C@H](COP(=O)(O)OCCN)OC(=O)CCC#CCCCCCCCCCCCCC. The summed E-state index contributed by atoms with van der Waals surface area (Å²) in [5.74, 6) is 11.2. The molecule has 3 N–H and O–H groups in total. The Kier molecular flexibility index (Phi) is 36.5. The minimum Gasteiger partial charge on any atom is -0.462 e. The molecule has 0 heterocycles. The van der Waals surface area contributed by atoms with E-state index in [1.165, 1.54) is 128 Å². The Bertz CT molecular complexity index is 999. The highest BCUT2D eigenvalue weighted by Gasteiger charge is 2.25. The van der Waals surface area contributed by atoms with E-state index < -0.39 is 32.5 Å². The van der Waals surface area contributed by atoms with Crippen molar-refractivity contribution in [2.75, 3.05) is 26.4 Å². The maximum absolute atomic E-state index is 12.5. The maximum atomic E-state index is 12.5. The Morgan fingerprint density at radius 2 is 0.961 bits per heavy atom. The Hall–Kier alpha value is -1.87. The van der Waals surface area contributed by atoms with Crippen LogP contribution in [0, 0.1) is 23.7 Å². The van der Waals surface area contributed by atoms with Crippen LogP contribution in [0.5, 0.6) is 0 Å². The number of hydrogen-bond donors (Lipinski definition) is 2. The number of nitrogens with two attached hydrogens (primary N) is 1. The highest BCUT2D eigenvalue weighted by Crippen LogP contribution is 2.43. The monoisotopic (exact) mass is 740 g/mol. The number of hydrogen-bond acceptors (Lipinski definition) is 8. The maximum Gasteiger partial charge on any atom is 0.472 e. The number of phosphoric ester groups is 1. The fraction of sp³-hybridized carbons (Fsp3) is 0.854. The molecular weight excluding hydrogens is 665 g/mol. The molecule has 51 heavy (non-hydrogen) atoms. The second-order valence-electron chi connectivity index (χ2n) is 13.5. The Labute approximate surface area is 312 Å². The average molecular weight is 740 g/mol. The number of carbonyl (C=O) groups excluding carboxylic acids is 2. The molecule has 0 aliphatic heterocycles. The number of unbranched alkanes of at least 4 members (excludes halogenated alkanes) is 22. The molecule has 0 spiro atoms. The second kappa shape index (κ2) is 37.9. The summed E-state index contributed by atoms with van der Waals surface area (Å²) in [5, 5.41) is 0. The molecule has 0 amide bonds. The Morgan fingerprint density at radius 3 is 1.39 bits per heavy atom. The van der Waals surface area contributed by atoms with Gasteiger partial charge in [0.25, 0.3) is 0 Å². The van der Waals surface area contributed by atoms with Gasteiger partial charge in [-0.1, -0.05) is 142 Å². The van der Waals surface area contributed by atoms with Gasteiger partial charge in [0.05, 0.1) is 26.1 Å². The van der Waals surface area contributed by atoms with Gasteiger partial charge in [-0.25, -0.2) is 4.57 Å². The predicted octanol–water partition coefficient (Wildman–Crippen LogP) is 10.5. The molecular formula is C41H74NO8P. The summed E-state index contributed by atoms with van der Waals surface area (Å²) in [5.41, 5.74) is 5.32. The molecule has 0 aromatic rings. The molecule has 0 rings (SSSR count). The third-order valence-corrected chi connectivity index (χ3v) is 9.48. The lowest BCUT2D eigenvalue weighted by molar-refractivity contribution is -0.161. The molecule has 0 aromatic heterocycles. The molecule has 9 nitrogen and oxygen atoms in total. The quantitative estimate of drug-likeness (QED) is 0.0282. The first-order valence-corrected chi connectivity index (χ1v) is 21.9. The Morgan fingerprint density at radius 1 is 0.569 bits per heavy atom. The van der Waals surface area contributed by atoms with E-state index >= 15 is 0 Å². The van der Waals surface area contributed by atoms with E-state index in [4.69, 9.17) is 24.3 Å². The molecule has 10 heteroatoms. The molecule has 0 saturated carbocycles. The summed E-state index contributed by atoms with van der Waals surface area (Å²) in [4.78, 5) is 34.6. The molecule has 0 radical (unpaired) electrons. The lowest BCUT2D eigenvalue weighted by atomic mass is 10.1. The van der Waals surface area contributed by atoms with Crippen LogP contribution in [0.15, 0.2) is 0 Å². The van der Waals surface area contributed by atoms with E-state index in [9.17, 15) is 19.0 Å². The van der Waals surface area contributed by atoms with Gasteiger partial charge in [-0.15, -0.1) is 23.7 Å². The molecule has 0 bridgehead atoms. The average Bonchev–Trinajstić information content (AvgIpc) is 3.11. The highest BCUT2D eigenvalue weighted by atomic mass is 31.2. The number of rotatable bonds is 35. The fourth-order valence-corrected chi connectivity index (χ4v) is 6.20. The number of carbonyl (C=O) groups is 2. The largest absolute Gasteiger partial charge is 0.472 e. The number of phosphoric acid groups is 1. The van der Waals surface area contributed by atoms with Crippen LogP contribution in [-0.4, -0.2) is 49.3 Å². The summed E-state index contributed by atoms with van der Waals surface area (Å²) >= 11 is 0. The summed E-state index contributed by atoms with van der Waals surface area (Å²) < 4.78 is 32.5. The zero-order chi connectivity index (χ0) is 37.5. The van der Waals surface area contributed by atoms with Crippen molar-refractivity contribution in [2.45, 2.75) is 200 Å². The minimum absolute atomic E-state index is 0.0342. The van der Waals surface area contributed by atoms with Gasteiger partial charge in [0.15, 0.2) is 6.10 Å². The van der Waals surface area contributed by atoms with Gasteiger partial charge in [-0.2, -0.15) is 0 Å². The van der Waals surface area contributed by atoms with Gasteiger partial charge < -0.3 is 20.1 Å². The van der Waals surface area contributed by atoms with Crippen LogP contribution in [-0.2, 0) is 32.7 Å². The molecule has 0 aromatic carbocycles. The van der Waals surface area contributed by atoms with Crippen molar-refractivity contribution < 1.29 is 37.6 Å². The van der Waals surface area contributed by atoms with Gasteiger partial charge in [0.2, 0.25) is 0 Å². The summed E-state index contributed by atoms with van der Waals surface area (Å²) in [7, 11) is -4.41. The van der Waals surface area contributed by atoms with E-state index in [-0.39, 0.29) is 32.6 Å². The van der Waals surface area contributed by atoms with Crippen LogP contribution in [0.2, 0.25) is 0 Å². The van der Waals surface area contributed by atoms with E-state index in [0.29, 0.717) is 12.8 Å². The smallest absolute Gasteiger partial charge is 0.462 e. The van der Waals surface area contributed by atoms with Gasteiger partial charge >= 0.3 is 19.8 Å². The zero-order valence-electron chi connectivity index (χ0n) is 32.5. The first-order valence-electron chi connectivity index (χ1n) is 20.4. The highest BCUT2D eigenvalue weighted by molar-refractivity contribution is 7.47. The van der Waals surface area contributed by atoms with Crippen LogP contribution < -0.4 is 5.73 Å². The summed E-state index contributed by atoms with van der Waals surface area (Å²) in [6.07, 6.45) is 29.7. The molecule has 2 atom stereocenters. The number of esters is 2. The van der Waals surface area contributed by atoms with Crippen LogP contribution in [0.3, 0.4) is 0 Å². The topological polar surface area (TPSA) is 134 Å². The first kappa shape index (κ1) is 49.1. The van der Waals surface area contributed by atoms with Crippen molar-refractivity contribution >= 4 is 19.8 Å². The molecule has 0 aliphatic carbocycles. The molecule has 0 aliphatic rings. The third-order valence-electron chi connectivity index (χ3n) is 8.49. The van der Waals surface area contributed by atoms with Crippen LogP contribution in [0.25, 0.3) is 0 Å².